The minimum absolute atomic E-state index is 0.136. The van der Waals surface area contributed by atoms with Crippen LogP contribution in [0.3, 0.4) is 0 Å². The topological polar surface area (TPSA) is 64.5 Å². The van der Waals surface area contributed by atoms with Crippen LogP contribution < -0.4 is 15.1 Å². The minimum Gasteiger partial charge on any atom is -0.395 e. The molecule has 23 heavy (non-hydrogen) atoms. The summed E-state index contributed by atoms with van der Waals surface area (Å²) in [6.45, 7) is 7.69. The van der Waals surface area contributed by atoms with Gasteiger partial charge in [-0.2, -0.15) is 0 Å². The van der Waals surface area contributed by atoms with Crippen LogP contribution in [-0.4, -0.2) is 48.4 Å². The Bertz CT molecular complexity index is 582. The normalized spacial score (nSPS) is 10.6. The molecule has 0 aromatic carbocycles. The fourth-order valence-electron chi connectivity index (χ4n) is 2.19. The maximum atomic E-state index is 8.96. The Morgan fingerprint density at radius 3 is 2.57 bits per heavy atom. The number of thiazole rings is 1. The average molecular weight is 335 g/mol. The second-order valence-corrected chi connectivity index (χ2v) is 6.28. The average Bonchev–Trinajstić information content (AvgIpc) is 3.03. The van der Waals surface area contributed by atoms with Gasteiger partial charge in [-0.3, -0.25) is 0 Å². The van der Waals surface area contributed by atoms with Gasteiger partial charge in [0.15, 0.2) is 5.13 Å². The zero-order valence-corrected chi connectivity index (χ0v) is 14.8. The highest BCUT2D eigenvalue weighted by Crippen LogP contribution is 2.23. The van der Waals surface area contributed by atoms with Crippen LogP contribution in [0.1, 0.15) is 18.7 Å². The highest BCUT2D eigenvalue weighted by Gasteiger charge is 2.08. The molecule has 0 amide bonds. The van der Waals surface area contributed by atoms with E-state index in [9.17, 15) is 0 Å². The van der Waals surface area contributed by atoms with E-state index in [2.05, 4.69) is 34.0 Å². The van der Waals surface area contributed by atoms with Gasteiger partial charge in [0.05, 0.1) is 25.0 Å². The lowest BCUT2D eigenvalue weighted by Gasteiger charge is -2.17. The number of anilines is 3. The molecule has 2 aromatic heterocycles. The van der Waals surface area contributed by atoms with Gasteiger partial charge in [0.2, 0.25) is 0 Å². The molecule has 7 heteroatoms. The number of hydrogen-bond donors (Lipinski definition) is 2. The molecule has 0 spiro atoms. The molecule has 0 aliphatic carbocycles. The number of likely N-dealkylation sites (N-methyl/N-ethyl adjacent to an activating group) is 1. The van der Waals surface area contributed by atoms with Crippen molar-refractivity contribution in [1.29, 1.82) is 0 Å². The number of hydrogen-bond acceptors (Lipinski definition) is 7. The Labute approximate surface area is 141 Å². The smallest absolute Gasteiger partial charge is 0.185 e. The first-order chi connectivity index (χ1) is 11.2. The van der Waals surface area contributed by atoms with Gasteiger partial charge in [0.25, 0.3) is 0 Å². The van der Waals surface area contributed by atoms with Crippen LogP contribution in [0.25, 0.3) is 0 Å². The molecule has 0 atom stereocenters. The number of rotatable bonds is 9. The third-order valence-electron chi connectivity index (χ3n) is 3.64. The van der Waals surface area contributed by atoms with Gasteiger partial charge in [-0.15, -0.1) is 11.3 Å². The van der Waals surface area contributed by atoms with Gasteiger partial charge in [-0.25, -0.2) is 9.97 Å². The number of pyridine rings is 1. The van der Waals surface area contributed by atoms with E-state index in [1.807, 2.05) is 36.5 Å². The summed E-state index contributed by atoms with van der Waals surface area (Å²) in [6, 6.07) is 3.95. The van der Waals surface area contributed by atoms with Crippen LogP contribution in [0, 0.1) is 0 Å². The SMILES string of the molecule is CCN(CC)c1ncc(CNc2ccc(N(C)CCO)cn2)s1. The van der Waals surface area contributed by atoms with Crippen molar-refractivity contribution in [2.75, 3.05) is 48.4 Å². The molecule has 0 aliphatic rings. The monoisotopic (exact) mass is 335 g/mol. The third-order valence-corrected chi connectivity index (χ3v) is 4.70. The number of aliphatic hydroxyl groups is 1. The molecule has 2 heterocycles. The molecule has 2 aromatic rings. The molecule has 0 saturated carbocycles. The van der Waals surface area contributed by atoms with Gasteiger partial charge in [-0.1, -0.05) is 0 Å². The largest absolute Gasteiger partial charge is 0.395 e. The molecule has 0 bridgehead atoms. The first-order valence-corrected chi connectivity index (χ1v) is 8.71. The lowest BCUT2D eigenvalue weighted by atomic mass is 10.3. The maximum Gasteiger partial charge on any atom is 0.185 e. The van der Waals surface area contributed by atoms with E-state index in [0.29, 0.717) is 6.54 Å². The van der Waals surface area contributed by atoms with Crippen molar-refractivity contribution in [3.05, 3.63) is 29.4 Å². The minimum atomic E-state index is 0.136. The van der Waals surface area contributed by atoms with Crippen LogP contribution in [0.4, 0.5) is 16.6 Å². The summed E-state index contributed by atoms with van der Waals surface area (Å²) in [6.07, 6.45) is 3.74. The van der Waals surface area contributed by atoms with E-state index in [1.54, 1.807) is 11.3 Å². The Hall–Kier alpha value is -1.86. The molecule has 6 nitrogen and oxygen atoms in total. The first kappa shape index (κ1) is 17.5. The molecular formula is C16H25N5OS. The highest BCUT2D eigenvalue weighted by molar-refractivity contribution is 7.15. The molecular weight excluding hydrogens is 310 g/mol. The fraction of sp³-hybridized carbons (Fsp3) is 0.500. The third kappa shape index (κ3) is 4.80. The first-order valence-electron chi connectivity index (χ1n) is 7.89. The summed E-state index contributed by atoms with van der Waals surface area (Å²) in [5.74, 6) is 0.837. The van der Waals surface area contributed by atoms with Gasteiger partial charge in [0, 0.05) is 37.8 Å². The summed E-state index contributed by atoms with van der Waals surface area (Å²) in [4.78, 5) is 14.3. The Kier molecular flexibility index (Phi) is 6.61. The standard InChI is InChI=1S/C16H25N5OS/c1-4-21(5-2)16-19-12-14(23-16)11-18-15-7-6-13(10-17-15)20(3)8-9-22/h6-7,10,12,22H,4-5,8-9,11H2,1-3H3,(H,17,18). The fourth-order valence-corrected chi connectivity index (χ4v) is 3.17. The van der Waals surface area contributed by atoms with Crippen LogP contribution in [-0.2, 0) is 6.54 Å². The summed E-state index contributed by atoms with van der Waals surface area (Å²) in [5.41, 5.74) is 0.992. The molecule has 0 aliphatic heterocycles. The highest BCUT2D eigenvalue weighted by atomic mass is 32.1. The van der Waals surface area contributed by atoms with Gasteiger partial charge in [0.1, 0.15) is 5.82 Å². The number of aliphatic hydroxyl groups excluding tert-OH is 1. The van der Waals surface area contributed by atoms with E-state index in [0.717, 1.165) is 36.3 Å². The second-order valence-electron chi connectivity index (χ2n) is 5.18. The summed E-state index contributed by atoms with van der Waals surface area (Å²) >= 11 is 1.71. The molecule has 0 radical (unpaired) electrons. The van der Waals surface area contributed by atoms with Crippen molar-refractivity contribution >= 4 is 28.0 Å². The molecule has 0 unspecified atom stereocenters. The summed E-state index contributed by atoms with van der Waals surface area (Å²) < 4.78 is 0. The van der Waals surface area contributed by atoms with Gasteiger partial charge >= 0.3 is 0 Å². The van der Waals surface area contributed by atoms with Crippen LogP contribution in [0.2, 0.25) is 0 Å². The van der Waals surface area contributed by atoms with E-state index in [4.69, 9.17) is 5.11 Å². The van der Waals surface area contributed by atoms with Crippen molar-refractivity contribution in [2.45, 2.75) is 20.4 Å². The van der Waals surface area contributed by atoms with Crippen LogP contribution in [0.15, 0.2) is 24.5 Å². The predicted octanol–water partition coefficient (Wildman–Crippen LogP) is 2.42. The number of nitrogens with zero attached hydrogens (tertiary/aromatic N) is 4. The maximum absolute atomic E-state index is 8.96. The van der Waals surface area contributed by atoms with E-state index < -0.39 is 0 Å². The predicted molar refractivity (Wildman–Crippen MR) is 97.6 cm³/mol. The van der Waals surface area contributed by atoms with Gasteiger partial charge in [-0.05, 0) is 26.0 Å². The molecule has 0 fully saturated rings. The molecule has 126 valence electrons. The van der Waals surface area contributed by atoms with Gasteiger partial charge < -0.3 is 20.2 Å². The zero-order valence-electron chi connectivity index (χ0n) is 14.0. The quantitative estimate of drug-likeness (QED) is 0.734. The van der Waals surface area contributed by atoms with Crippen LogP contribution >= 0.6 is 11.3 Å². The van der Waals surface area contributed by atoms with Crippen molar-refractivity contribution in [3.8, 4) is 0 Å². The second kappa shape index (κ2) is 8.69. The lowest BCUT2D eigenvalue weighted by molar-refractivity contribution is 0.304. The summed E-state index contributed by atoms with van der Waals surface area (Å²) in [5, 5.41) is 13.3. The van der Waals surface area contributed by atoms with Crippen molar-refractivity contribution < 1.29 is 5.11 Å². The zero-order chi connectivity index (χ0) is 16.7. The van der Waals surface area contributed by atoms with Crippen LogP contribution in [0.5, 0.6) is 0 Å². The summed E-state index contributed by atoms with van der Waals surface area (Å²) in [7, 11) is 1.94. The molecule has 0 saturated heterocycles. The van der Waals surface area contributed by atoms with Crippen molar-refractivity contribution in [1.82, 2.24) is 9.97 Å². The van der Waals surface area contributed by atoms with E-state index in [-0.39, 0.29) is 6.61 Å². The Morgan fingerprint density at radius 1 is 1.17 bits per heavy atom. The Balaban J connectivity index is 1.91. The Morgan fingerprint density at radius 2 is 1.96 bits per heavy atom. The number of aromatic nitrogens is 2. The molecule has 2 rings (SSSR count). The van der Waals surface area contributed by atoms with Crippen molar-refractivity contribution in [3.63, 3.8) is 0 Å². The molecule has 2 N–H and O–H groups in total. The number of nitrogens with one attached hydrogen (secondary N) is 1. The van der Waals surface area contributed by atoms with E-state index >= 15 is 0 Å². The van der Waals surface area contributed by atoms with Crippen molar-refractivity contribution in [2.24, 2.45) is 0 Å². The lowest BCUT2D eigenvalue weighted by Crippen LogP contribution is -2.21. The van der Waals surface area contributed by atoms with E-state index in [1.165, 1.54) is 4.88 Å².